The van der Waals surface area contributed by atoms with Crippen molar-refractivity contribution in [3.8, 4) is 0 Å². The van der Waals surface area contributed by atoms with Crippen molar-refractivity contribution in [2.75, 3.05) is 12.8 Å². The average Bonchev–Trinajstić information content (AvgIpc) is 2.90. The Hall–Kier alpha value is -2.67. The Labute approximate surface area is 130 Å². The van der Waals surface area contributed by atoms with Gasteiger partial charge in [-0.15, -0.1) is 0 Å². The quantitative estimate of drug-likeness (QED) is 0.585. The Morgan fingerprint density at radius 2 is 2.05 bits per heavy atom. The molecule has 0 aliphatic carbocycles. The molecule has 1 aromatic carbocycles. The van der Waals surface area contributed by atoms with E-state index in [0.717, 1.165) is 5.56 Å². The molecule has 0 amide bonds. The van der Waals surface area contributed by atoms with Gasteiger partial charge >= 0.3 is 5.97 Å². The van der Waals surface area contributed by atoms with Gasteiger partial charge in [-0.3, -0.25) is 0 Å². The number of carbonyl (C=O) groups is 1. The molecule has 0 aliphatic heterocycles. The van der Waals surface area contributed by atoms with E-state index in [9.17, 15) is 4.79 Å². The summed E-state index contributed by atoms with van der Waals surface area (Å²) in [6.45, 7) is 0.519. The topological polar surface area (TPSA) is 95.9 Å². The Balaban J connectivity index is 1.92. The van der Waals surface area contributed by atoms with Crippen LogP contribution in [0.25, 0.3) is 11.2 Å². The molecule has 2 heterocycles. The van der Waals surface area contributed by atoms with Crippen molar-refractivity contribution in [3.63, 3.8) is 0 Å². The van der Waals surface area contributed by atoms with Crippen molar-refractivity contribution < 1.29 is 9.53 Å². The second-order valence-corrected chi connectivity index (χ2v) is 4.95. The number of nitrogens with two attached hydrogens (primary N) is 1. The number of ether oxygens (including phenoxy) is 1. The third-order valence-electron chi connectivity index (χ3n) is 3.19. The summed E-state index contributed by atoms with van der Waals surface area (Å²) >= 11 is 5.83. The smallest absolute Gasteiger partial charge is 0.337 e. The lowest BCUT2D eigenvalue weighted by molar-refractivity contribution is 0.0600. The maximum absolute atomic E-state index is 11.4. The second kappa shape index (κ2) is 5.61. The summed E-state index contributed by atoms with van der Waals surface area (Å²) in [4.78, 5) is 23.6. The van der Waals surface area contributed by atoms with Crippen LogP contribution in [0.2, 0.25) is 5.28 Å². The molecular weight excluding hydrogens is 306 g/mol. The molecule has 0 aliphatic rings. The van der Waals surface area contributed by atoms with E-state index in [1.54, 1.807) is 18.5 Å². The fourth-order valence-corrected chi connectivity index (χ4v) is 2.29. The summed E-state index contributed by atoms with van der Waals surface area (Å²) < 4.78 is 6.48. The monoisotopic (exact) mass is 317 g/mol. The van der Waals surface area contributed by atoms with Gasteiger partial charge in [-0.1, -0.05) is 12.1 Å². The van der Waals surface area contributed by atoms with E-state index in [4.69, 9.17) is 17.3 Å². The van der Waals surface area contributed by atoms with Crippen LogP contribution < -0.4 is 5.73 Å². The number of halogens is 1. The molecule has 0 atom stereocenters. The van der Waals surface area contributed by atoms with Crippen molar-refractivity contribution in [2.45, 2.75) is 6.54 Å². The molecule has 8 heteroatoms. The molecule has 0 unspecified atom stereocenters. The summed E-state index contributed by atoms with van der Waals surface area (Å²) in [5, 5.41) is 0.0767. The summed E-state index contributed by atoms with van der Waals surface area (Å²) in [6.07, 6.45) is 1.63. The van der Waals surface area contributed by atoms with Gasteiger partial charge in [0.25, 0.3) is 0 Å². The number of hydrogen-bond donors (Lipinski definition) is 1. The summed E-state index contributed by atoms with van der Waals surface area (Å²) in [7, 11) is 1.35. The first-order valence-electron chi connectivity index (χ1n) is 6.39. The van der Waals surface area contributed by atoms with Gasteiger partial charge in [-0.05, 0) is 29.3 Å². The largest absolute Gasteiger partial charge is 0.465 e. The zero-order valence-corrected chi connectivity index (χ0v) is 12.4. The normalized spacial score (nSPS) is 10.8. The van der Waals surface area contributed by atoms with Crippen LogP contribution in [0.4, 0.5) is 5.82 Å². The minimum atomic E-state index is -0.369. The van der Waals surface area contributed by atoms with E-state index in [1.165, 1.54) is 7.11 Å². The number of nitrogen functional groups attached to an aromatic ring is 1. The maximum atomic E-state index is 11.4. The van der Waals surface area contributed by atoms with Gasteiger partial charge in [0, 0.05) is 0 Å². The van der Waals surface area contributed by atoms with E-state index in [1.807, 2.05) is 16.7 Å². The predicted octanol–water partition coefficient (Wildman–Crippen LogP) is 1.90. The highest BCUT2D eigenvalue weighted by Crippen LogP contribution is 2.19. The molecule has 0 spiro atoms. The zero-order valence-electron chi connectivity index (χ0n) is 11.7. The molecule has 0 saturated carbocycles. The Morgan fingerprint density at radius 3 is 2.73 bits per heavy atom. The molecule has 2 N–H and O–H groups in total. The SMILES string of the molecule is COC(=O)c1ccc(Cn2cnc3c(N)nc(Cl)nc32)cc1. The Morgan fingerprint density at radius 1 is 1.32 bits per heavy atom. The van der Waals surface area contributed by atoms with E-state index in [2.05, 4.69) is 19.7 Å². The fourth-order valence-electron chi connectivity index (χ4n) is 2.11. The third-order valence-corrected chi connectivity index (χ3v) is 3.36. The molecule has 2 aromatic heterocycles. The van der Waals surface area contributed by atoms with Crippen LogP contribution in [0.15, 0.2) is 30.6 Å². The first-order valence-corrected chi connectivity index (χ1v) is 6.77. The van der Waals surface area contributed by atoms with Crippen molar-refractivity contribution >= 4 is 34.6 Å². The number of rotatable bonds is 3. The lowest BCUT2D eigenvalue weighted by atomic mass is 10.1. The van der Waals surface area contributed by atoms with E-state index < -0.39 is 0 Å². The van der Waals surface area contributed by atoms with Crippen LogP contribution in [-0.4, -0.2) is 32.6 Å². The molecule has 3 aromatic rings. The number of hydrogen-bond acceptors (Lipinski definition) is 6. The zero-order chi connectivity index (χ0) is 15.7. The average molecular weight is 318 g/mol. The number of anilines is 1. The molecule has 0 fully saturated rings. The first kappa shape index (κ1) is 14.3. The van der Waals surface area contributed by atoms with Crippen LogP contribution >= 0.6 is 11.6 Å². The molecular formula is C14H12ClN5O2. The van der Waals surface area contributed by atoms with Gasteiger partial charge in [0.2, 0.25) is 5.28 Å². The highest BCUT2D eigenvalue weighted by molar-refractivity contribution is 6.28. The van der Waals surface area contributed by atoms with E-state index >= 15 is 0 Å². The third kappa shape index (κ3) is 2.58. The molecule has 112 valence electrons. The number of nitrogens with zero attached hydrogens (tertiary/aromatic N) is 4. The molecule has 22 heavy (non-hydrogen) atoms. The van der Waals surface area contributed by atoms with Crippen LogP contribution in [0.3, 0.4) is 0 Å². The number of benzene rings is 1. The van der Waals surface area contributed by atoms with Gasteiger partial charge < -0.3 is 15.0 Å². The van der Waals surface area contributed by atoms with Gasteiger partial charge in [-0.25, -0.2) is 9.78 Å². The van der Waals surface area contributed by atoms with Crippen molar-refractivity contribution in [1.82, 2.24) is 19.5 Å². The minimum Gasteiger partial charge on any atom is -0.465 e. The van der Waals surface area contributed by atoms with E-state index in [-0.39, 0.29) is 17.1 Å². The highest BCUT2D eigenvalue weighted by Gasteiger charge is 2.11. The standard InChI is InChI=1S/C14H12ClN5O2/c1-22-13(21)9-4-2-8(3-5-9)6-20-7-17-10-11(16)18-14(15)19-12(10)20/h2-5,7H,6H2,1H3,(H2,16,18,19). The fraction of sp³-hybridized carbons (Fsp3) is 0.143. The van der Waals surface area contributed by atoms with Gasteiger partial charge in [-0.2, -0.15) is 9.97 Å². The van der Waals surface area contributed by atoms with Crippen LogP contribution in [0.5, 0.6) is 0 Å². The van der Waals surface area contributed by atoms with Crippen LogP contribution in [0, 0.1) is 0 Å². The van der Waals surface area contributed by atoms with Gasteiger partial charge in [0.1, 0.15) is 5.52 Å². The predicted molar refractivity (Wildman–Crippen MR) is 81.6 cm³/mol. The summed E-state index contributed by atoms with van der Waals surface area (Å²) in [6, 6.07) is 7.09. The van der Waals surface area contributed by atoms with Crippen molar-refractivity contribution in [2.24, 2.45) is 0 Å². The second-order valence-electron chi connectivity index (χ2n) is 4.61. The van der Waals surface area contributed by atoms with Crippen molar-refractivity contribution in [3.05, 3.63) is 47.0 Å². The molecule has 0 saturated heterocycles. The number of fused-ring (bicyclic) bond motifs is 1. The number of esters is 1. The molecule has 3 rings (SSSR count). The summed E-state index contributed by atoms with van der Waals surface area (Å²) in [5.74, 6) is -0.123. The molecule has 7 nitrogen and oxygen atoms in total. The van der Waals surface area contributed by atoms with Crippen molar-refractivity contribution in [1.29, 1.82) is 0 Å². The van der Waals surface area contributed by atoms with Gasteiger partial charge in [0.15, 0.2) is 11.5 Å². The molecule has 0 bridgehead atoms. The first-order chi connectivity index (χ1) is 10.6. The highest BCUT2D eigenvalue weighted by atomic mass is 35.5. The number of carbonyl (C=O) groups excluding carboxylic acids is 1. The minimum absolute atomic E-state index is 0.0767. The molecule has 0 radical (unpaired) electrons. The van der Waals surface area contributed by atoms with Gasteiger partial charge in [0.05, 0.1) is 25.5 Å². The Kier molecular flexibility index (Phi) is 3.64. The van der Waals surface area contributed by atoms with E-state index in [0.29, 0.717) is 23.3 Å². The number of imidazole rings is 1. The van der Waals surface area contributed by atoms with Crippen LogP contribution in [0.1, 0.15) is 15.9 Å². The maximum Gasteiger partial charge on any atom is 0.337 e. The summed E-state index contributed by atoms with van der Waals surface area (Å²) in [5.41, 5.74) is 8.31. The number of aromatic nitrogens is 4. The lowest BCUT2D eigenvalue weighted by Crippen LogP contribution is -2.03. The number of methoxy groups -OCH3 is 1. The Bertz CT molecular complexity index is 844. The van der Waals surface area contributed by atoms with Crippen LogP contribution in [-0.2, 0) is 11.3 Å². The lowest BCUT2D eigenvalue weighted by Gasteiger charge is -2.05.